The van der Waals surface area contributed by atoms with Crippen molar-refractivity contribution in [3.05, 3.63) is 71.2 Å². The van der Waals surface area contributed by atoms with Gasteiger partial charge in [-0.25, -0.2) is 9.37 Å². The Morgan fingerprint density at radius 3 is 2.35 bits per heavy atom. The van der Waals surface area contributed by atoms with Crippen molar-refractivity contribution in [2.45, 2.75) is 0 Å². The molecule has 2 heterocycles. The maximum atomic E-state index is 13.2. The minimum atomic E-state index is -0.272. The summed E-state index contributed by atoms with van der Waals surface area (Å²) in [6.45, 7) is 0. The van der Waals surface area contributed by atoms with Crippen LogP contribution in [0.5, 0.6) is 0 Å². The van der Waals surface area contributed by atoms with E-state index in [2.05, 4.69) is 31.0 Å². The first-order valence-corrected chi connectivity index (χ1v) is 7.73. The lowest BCUT2D eigenvalue weighted by Gasteiger charge is -2.08. The molecule has 0 aliphatic carbocycles. The predicted molar refractivity (Wildman–Crippen MR) is 89.3 cm³/mol. The van der Waals surface area contributed by atoms with Gasteiger partial charge in [0.25, 0.3) is 5.78 Å². The van der Waals surface area contributed by atoms with Gasteiger partial charge in [0.1, 0.15) is 12.1 Å². The monoisotopic (exact) mass is 368 g/mol. The van der Waals surface area contributed by atoms with Gasteiger partial charge in [-0.15, -0.1) is 0 Å². The van der Waals surface area contributed by atoms with Crippen molar-refractivity contribution in [3.63, 3.8) is 0 Å². The second-order valence-electron chi connectivity index (χ2n) is 5.01. The highest BCUT2D eigenvalue weighted by molar-refractivity contribution is 9.10. The molecule has 6 heteroatoms. The Morgan fingerprint density at radius 1 is 0.913 bits per heavy atom. The van der Waals surface area contributed by atoms with Crippen molar-refractivity contribution in [2.24, 2.45) is 0 Å². The summed E-state index contributed by atoms with van der Waals surface area (Å²) in [5.74, 6) is 0.232. The fourth-order valence-electron chi connectivity index (χ4n) is 2.41. The summed E-state index contributed by atoms with van der Waals surface area (Å²) in [6.07, 6.45) is 1.46. The SMILES string of the molecule is Fc1ccc(-c2cc(-c3ccc(Br)cc3)nc3ncnn23)cc1. The molecule has 2 aromatic carbocycles. The highest BCUT2D eigenvalue weighted by Crippen LogP contribution is 2.26. The molecule has 0 radical (unpaired) electrons. The van der Waals surface area contributed by atoms with Gasteiger partial charge in [-0.05, 0) is 42.5 Å². The molecule has 0 aliphatic heterocycles. The Balaban J connectivity index is 1.94. The quantitative estimate of drug-likeness (QED) is 0.527. The van der Waals surface area contributed by atoms with Gasteiger partial charge >= 0.3 is 0 Å². The van der Waals surface area contributed by atoms with Gasteiger partial charge in [-0.3, -0.25) is 0 Å². The smallest absolute Gasteiger partial charge is 0.211 e. The van der Waals surface area contributed by atoms with Gasteiger partial charge in [0.2, 0.25) is 0 Å². The largest absolute Gasteiger partial charge is 0.253 e. The zero-order valence-corrected chi connectivity index (χ0v) is 13.4. The molecule has 4 nitrogen and oxygen atoms in total. The van der Waals surface area contributed by atoms with E-state index in [1.807, 2.05) is 30.3 Å². The number of benzene rings is 2. The molecule has 0 atom stereocenters. The molecule has 0 N–H and O–H groups in total. The van der Waals surface area contributed by atoms with Crippen molar-refractivity contribution in [3.8, 4) is 22.5 Å². The molecule has 0 amide bonds. The second-order valence-corrected chi connectivity index (χ2v) is 5.93. The minimum Gasteiger partial charge on any atom is -0.211 e. The molecule has 23 heavy (non-hydrogen) atoms. The van der Waals surface area contributed by atoms with Gasteiger partial charge < -0.3 is 0 Å². The minimum absolute atomic E-state index is 0.272. The highest BCUT2D eigenvalue weighted by Gasteiger charge is 2.11. The first-order valence-electron chi connectivity index (χ1n) is 6.93. The van der Waals surface area contributed by atoms with Crippen molar-refractivity contribution in [1.82, 2.24) is 19.6 Å². The van der Waals surface area contributed by atoms with Crippen LogP contribution >= 0.6 is 15.9 Å². The van der Waals surface area contributed by atoms with E-state index in [9.17, 15) is 4.39 Å². The van der Waals surface area contributed by atoms with Crippen LogP contribution in [0.4, 0.5) is 4.39 Å². The molecule has 4 aromatic rings. The Bertz CT molecular complexity index is 978. The van der Waals surface area contributed by atoms with Crippen molar-refractivity contribution >= 4 is 21.7 Å². The molecule has 112 valence electrons. The standard InChI is InChI=1S/C17H10BrFN4/c18-13-5-1-11(2-6-13)15-9-16(12-3-7-14(19)8-4-12)23-17(22-15)20-10-21-23/h1-10H. The summed E-state index contributed by atoms with van der Waals surface area (Å²) in [6, 6.07) is 16.1. The summed E-state index contributed by atoms with van der Waals surface area (Å²) in [7, 11) is 0. The van der Waals surface area contributed by atoms with E-state index in [1.54, 1.807) is 16.6 Å². The van der Waals surface area contributed by atoms with E-state index in [-0.39, 0.29) is 5.82 Å². The number of fused-ring (bicyclic) bond motifs is 1. The molecule has 0 saturated carbocycles. The number of hydrogen-bond acceptors (Lipinski definition) is 3. The lowest BCUT2D eigenvalue weighted by Crippen LogP contribution is -1.98. The van der Waals surface area contributed by atoms with E-state index >= 15 is 0 Å². The zero-order valence-electron chi connectivity index (χ0n) is 11.8. The Morgan fingerprint density at radius 2 is 1.61 bits per heavy atom. The van der Waals surface area contributed by atoms with Crippen LogP contribution in [0.1, 0.15) is 0 Å². The molecule has 0 spiro atoms. The average molecular weight is 369 g/mol. The van der Waals surface area contributed by atoms with Crippen LogP contribution in [0.15, 0.2) is 65.4 Å². The Hall–Kier alpha value is -2.60. The summed E-state index contributed by atoms with van der Waals surface area (Å²) < 4.78 is 15.8. The van der Waals surface area contributed by atoms with Gasteiger partial charge in [-0.1, -0.05) is 28.1 Å². The van der Waals surface area contributed by atoms with Crippen LogP contribution in [0.2, 0.25) is 0 Å². The maximum absolute atomic E-state index is 13.2. The normalized spacial score (nSPS) is 11.0. The third-order valence-electron chi connectivity index (χ3n) is 3.53. The van der Waals surface area contributed by atoms with Crippen LogP contribution < -0.4 is 0 Å². The highest BCUT2D eigenvalue weighted by atomic mass is 79.9. The van der Waals surface area contributed by atoms with Crippen LogP contribution in [0.25, 0.3) is 28.3 Å². The number of aromatic nitrogens is 4. The predicted octanol–water partition coefficient (Wildman–Crippen LogP) is 4.36. The van der Waals surface area contributed by atoms with Gasteiger partial charge in [0.05, 0.1) is 11.4 Å². The van der Waals surface area contributed by atoms with E-state index in [1.165, 1.54) is 18.5 Å². The number of nitrogens with zero attached hydrogens (tertiary/aromatic N) is 4. The molecular formula is C17H10BrFN4. The second kappa shape index (κ2) is 5.55. The van der Waals surface area contributed by atoms with Crippen LogP contribution in [-0.2, 0) is 0 Å². The summed E-state index contributed by atoms with van der Waals surface area (Å²) >= 11 is 3.43. The van der Waals surface area contributed by atoms with Crippen LogP contribution in [0, 0.1) is 5.82 Å². The molecule has 0 unspecified atom stereocenters. The average Bonchev–Trinajstić information content (AvgIpc) is 3.04. The van der Waals surface area contributed by atoms with Crippen molar-refractivity contribution < 1.29 is 4.39 Å². The first kappa shape index (κ1) is 14.0. The van der Waals surface area contributed by atoms with Crippen molar-refractivity contribution in [1.29, 1.82) is 0 Å². The summed E-state index contributed by atoms with van der Waals surface area (Å²) in [5.41, 5.74) is 3.42. The van der Waals surface area contributed by atoms with Crippen molar-refractivity contribution in [2.75, 3.05) is 0 Å². The molecule has 0 saturated heterocycles. The third kappa shape index (κ3) is 2.61. The maximum Gasteiger partial charge on any atom is 0.253 e. The topological polar surface area (TPSA) is 43.1 Å². The zero-order chi connectivity index (χ0) is 15.8. The van der Waals surface area contributed by atoms with Gasteiger partial charge in [-0.2, -0.15) is 14.6 Å². The lowest BCUT2D eigenvalue weighted by molar-refractivity contribution is 0.628. The summed E-state index contributed by atoms with van der Waals surface area (Å²) in [4.78, 5) is 8.72. The van der Waals surface area contributed by atoms with E-state index < -0.39 is 0 Å². The number of rotatable bonds is 2. The number of hydrogen-bond donors (Lipinski definition) is 0. The Kier molecular flexibility index (Phi) is 3.38. The first-order chi connectivity index (χ1) is 11.2. The number of halogens is 2. The Labute approximate surface area is 139 Å². The fraction of sp³-hybridized carbons (Fsp3) is 0. The van der Waals surface area contributed by atoms with E-state index in [4.69, 9.17) is 0 Å². The third-order valence-corrected chi connectivity index (χ3v) is 4.06. The lowest BCUT2D eigenvalue weighted by atomic mass is 10.1. The summed E-state index contributed by atoms with van der Waals surface area (Å²) in [5, 5.41) is 4.21. The fourth-order valence-corrected chi connectivity index (χ4v) is 2.67. The van der Waals surface area contributed by atoms with Gasteiger partial charge in [0, 0.05) is 15.6 Å². The molecule has 4 rings (SSSR count). The molecule has 0 bridgehead atoms. The molecule has 0 aliphatic rings. The van der Waals surface area contributed by atoms with Crippen LogP contribution in [-0.4, -0.2) is 19.6 Å². The van der Waals surface area contributed by atoms with E-state index in [0.29, 0.717) is 5.78 Å². The molecule has 2 aromatic heterocycles. The molecule has 0 fully saturated rings. The molecular weight excluding hydrogens is 359 g/mol. The van der Waals surface area contributed by atoms with Crippen LogP contribution in [0.3, 0.4) is 0 Å². The van der Waals surface area contributed by atoms with E-state index in [0.717, 1.165) is 27.0 Å². The van der Waals surface area contributed by atoms with Gasteiger partial charge in [0.15, 0.2) is 0 Å².